The zero-order valence-corrected chi connectivity index (χ0v) is 9.90. The van der Waals surface area contributed by atoms with E-state index in [1.165, 1.54) is 0 Å². The van der Waals surface area contributed by atoms with Crippen molar-refractivity contribution in [2.45, 2.75) is 18.4 Å². The summed E-state index contributed by atoms with van der Waals surface area (Å²) in [6.07, 6.45) is 0.348. The Kier molecular flexibility index (Phi) is 3.29. The molecule has 0 spiro atoms. The van der Waals surface area contributed by atoms with E-state index in [-0.39, 0.29) is 5.92 Å². The predicted octanol–water partition coefficient (Wildman–Crippen LogP) is 1.63. The molecule has 0 saturated heterocycles. The van der Waals surface area contributed by atoms with Gasteiger partial charge in [0.15, 0.2) is 0 Å². The van der Waals surface area contributed by atoms with Crippen LogP contribution in [0, 0.1) is 0 Å². The Morgan fingerprint density at radius 3 is 3.13 bits per heavy atom. The highest BCUT2D eigenvalue weighted by molar-refractivity contribution is 9.10. The minimum atomic E-state index is -0.478. The van der Waals surface area contributed by atoms with Crippen LogP contribution >= 0.6 is 15.9 Å². The second-order valence-corrected chi connectivity index (χ2v) is 4.64. The molecule has 15 heavy (non-hydrogen) atoms. The lowest BCUT2D eigenvalue weighted by atomic mass is 9.88. The van der Waals surface area contributed by atoms with Crippen LogP contribution in [0.25, 0.3) is 0 Å². The fourth-order valence-corrected chi connectivity index (χ4v) is 2.29. The Bertz CT molecular complexity index is 356. The molecule has 0 saturated carbocycles. The van der Waals surface area contributed by atoms with E-state index >= 15 is 0 Å². The molecule has 2 atom stereocenters. The summed E-state index contributed by atoms with van der Waals surface area (Å²) in [6, 6.07) is 5.89. The maximum absolute atomic E-state index is 9.81. The van der Waals surface area contributed by atoms with Gasteiger partial charge in [-0.15, -0.1) is 0 Å². The van der Waals surface area contributed by atoms with Gasteiger partial charge in [-0.2, -0.15) is 0 Å². The van der Waals surface area contributed by atoms with Gasteiger partial charge in [0.25, 0.3) is 0 Å². The van der Waals surface area contributed by atoms with E-state index in [0.717, 1.165) is 22.2 Å². The van der Waals surface area contributed by atoms with E-state index in [4.69, 9.17) is 10.5 Å². The minimum absolute atomic E-state index is 0.104. The van der Waals surface area contributed by atoms with Crippen molar-refractivity contribution in [2.75, 3.05) is 13.2 Å². The normalized spacial score (nSPS) is 21.7. The van der Waals surface area contributed by atoms with Crippen LogP contribution < -0.4 is 10.5 Å². The molecule has 1 aromatic carbocycles. The van der Waals surface area contributed by atoms with E-state index in [2.05, 4.69) is 15.9 Å². The first-order valence-electron chi connectivity index (χ1n) is 5.02. The second kappa shape index (κ2) is 4.51. The lowest BCUT2D eigenvalue weighted by Crippen LogP contribution is -2.31. The van der Waals surface area contributed by atoms with Crippen molar-refractivity contribution in [3.05, 3.63) is 28.2 Å². The molecule has 0 aromatic heterocycles. The smallest absolute Gasteiger partial charge is 0.123 e. The van der Waals surface area contributed by atoms with Crippen molar-refractivity contribution < 1.29 is 9.84 Å². The summed E-state index contributed by atoms with van der Waals surface area (Å²) in [5.41, 5.74) is 6.55. The zero-order chi connectivity index (χ0) is 10.8. The van der Waals surface area contributed by atoms with Gasteiger partial charge in [-0.05, 0) is 18.6 Å². The second-order valence-electron chi connectivity index (χ2n) is 3.73. The molecule has 0 fully saturated rings. The fraction of sp³-hybridized carbons (Fsp3) is 0.455. The van der Waals surface area contributed by atoms with E-state index < -0.39 is 6.10 Å². The maximum atomic E-state index is 9.81. The van der Waals surface area contributed by atoms with Gasteiger partial charge in [0, 0.05) is 22.5 Å². The van der Waals surface area contributed by atoms with Gasteiger partial charge in [-0.25, -0.2) is 0 Å². The third-order valence-electron chi connectivity index (χ3n) is 2.77. The van der Waals surface area contributed by atoms with E-state index in [1.54, 1.807) is 0 Å². The summed E-state index contributed by atoms with van der Waals surface area (Å²) in [7, 11) is 0. The Morgan fingerprint density at radius 2 is 2.40 bits per heavy atom. The summed E-state index contributed by atoms with van der Waals surface area (Å²) in [4.78, 5) is 0. The molecule has 0 bridgehead atoms. The Hall–Kier alpha value is -0.580. The molecule has 0 radical (unpaired) electrons. The molecule has 2 rings (SSSR count). The van der Waals surface area contributed by atoms with Crippen molar-refractivity contribution >= 4 is 15.9 Å². The number of fused-ring (bicyclic) bond motifs is 1. The van der Waals surface area contributed by atoms with Gasteiger partial charge in [0.1, 0.15) is 5.75 Å². The van der Waals surface area contributed by atoms with Crippen LogP contribution in [0.3, 0.4) is 0 Å². The summed E-state index contributed by atoms with van der Waals surface area (Å²) in [5.74, 6) is 0.958. The molecular formula is C11H14BrNO2. The lowest BCUT2D eigenvalue weighted by Gasteiger charge is -2.29. The van der Waals surface area contributed by atoms with Crippen molar-refractivity contribution in [1.29, 1.82) is 0 Å². The van der Waals surface area contributed by atoms with Gasteiger partial charge in [0.2, 0.25) is 0 Å². The van der Waals surface area contributed by atoms with Crippen molar-refractivity contribution in [3.8, 4) is 5.75 Å². The number of aliphatic hydroxyl groups excluding tert-OH is 1. The lowest BCUT2D eigenvalue weighted by molar-refractivity contribution is 0.123. The van der Waals surface area contributed by atoms with Gasteiger partial charge in [-0.3, -0.25) is 0 Å². The summed E-state index contributed by atoms with van der Waals surface area (Å²) in [5, 5.41) is 9.81. The first-order chi connectivity index (χ1) is 7.22. The topological polar surface area (TPSA) is 55.5 Å². The van der Waals surface area contributed by atoms with Gasteiger partial charge >= 0.3 is 0 Å². The number of aliphatic hydroxyl groups is 1. The summed E-state index contributed by atoms with van der Waals surface area (Å²) >= 11 is 3.40. The quantitative estimate of drug-likeness (QED) is 0.860. The Labute approximate surface area is 97.4 Å². The molecule has 1 heterocycles. The highest BCUT2D eigenvalue weighted by Gasteiger charge is 2.26. The molecular weight excluding hydrogens is 258 g/mol. The molecule has 2 unspecified atom stereocenters. The molecule has 1 aliphatic heterocycles. The van der Waals surface area contributed by atoms with Crippen LogP contribution in [0.15, 0.2) is 22.7 Å². The van der Waals surface area contributed by atoms with E-state index in [0.29, 0.717) is 13.2 Å². The predicted molar refractivity (Wildman–Crippen MR) is 62.1 cm³/mol. The zero-order valence-electron chi connectivity index (χ0n) is 8.32. The van der Waals surface area contributed by atoms with Crippen molar-refractivity contribution in [3.63, 3.8) is 0 Å². The molecule has 82 valence electrons. The summed E-state index contributed by atoms with van der Waals surface area (Å²) < 4.78 is 6.54. The highest BCUT2D eigenvalue weighted by Crippen LogP contribution is 2.37. The number of hydrogen-bond donors (Lipinski definition) is 2. The third-order valence-corrected chi connectivity index (χ3v) is 3.26. The van der Waals surface area contributed by atoms with Gasteiger partial charge < -0.3 is 15.6 Å². The monoisotopic (exact) mass is 271 g/mol. The largest absolute Gasteiger partial charge is 0.493 e. The average Bonchev–Trinajstić information content (AvgIpc) is 2.26. The van der Waals surface area contributed by atoms with Crippen LogP contribution in [0.1, 0.15) is 17.9 Å². The third kappa shape index (κ3) is 2.17. The summed E-state index contributed by atoms with van der Waals surface area (Å²) in [6.45, 7) is 0.936. The standard InChI is InChI=1S/C11H14BrNO2/c12-7-1-2-9-8(10(14)6-13)3-4-15-11(9)5-7/h1-2,5,8,10,14H,3-4,6,13H2. The van der Waals surface area contributed by atoms with E-state index in [1.807, 2.05) is 18.2 Å². The van der Waals surface area contributed by atoms with Crippen molar-refractivity contribution in [2.24, 2.45) is 5.73 Å². The number of benzene rings is 1. The van der Waals surface area contributed by atoms with Crippen LogP contribution in [0.2, 0.25) is 0 Å². The molecule has 0 amide bonds. The van der Waals surface area contributed by atoms with Crippen molar-refractivity contribution in [1.82, 2.24) is 0 Å². The molecule has 3 N–H and O–H groups in total. The van der Waals surface area contributed by atoms with E-state index in [9.17, 15) is 5.11 Å². The fourth-order valence-electron chi connectivity index (χ4n) is 1.95. The Balaban J connectivity index is 2.34. The van der Waals surface area contributed by atoms with Gasteiger partial charge in [-0.1, -0.05) is 22.0 Å². The first kappa shape index (κ1) is 10.9. The number of rotatable bonds is 2. The Morgan fingerprint density at radius 1 is 1.60 bits per heavy atom. The number of halogens is 1. The number of ether oxygens (including phenoxy) is 1. The number of hydrogen-bond acceptors (Lipinski definition) is 3. The maximum Gasteiger partial charge on any atom is 0.123 e. The minimum Gasteiger partial charge on any atom is -0.493 e. The van der Waals surface area contributed by atoms with Gasteiger partial charge in [0.05, 0.1) is 12.7 Å². The number of nitrogens with two attached hydrogens (primary N) is 1. The SMILES string of the molecule is NCC(O)C1CCOc2cc(Br)ccc21. The highest BCUT2D eigenvalue weighted by atomic mass is 79.9. The average molecular weight is 272 g/mol. The van der Waals surface area contributed by atoms with Crippen LogP contribution in [-0.2, 0) is 0 Å². The molecule has 4 heteroatoms. The molecule has 3 nitrogen and oxygen atoms in total. The molecule has 1 aromatic rings. The van der Waals surface area contributed by atoms with Crippen LogP contribution in [0.5, 0.6) is 5.75 Å². The first-order valence-corrected chi connectivity index (χ1v) is 5.82. The molecule has 1 aliphatic rings. The van der Waals surface area contributed by atoms with Crippen LogP contribution in [-0.4, -0.2) is 24.4 Å². The van der Waals surface area contributed by atoms with Crippen LogP contribution in [0.4, 0.5) is 0 Å². The molecule has 0 aliphatic carbocycles.